The summed E-state index contributed by atoms with van der Waals surface area (Å²) in [5.41, 5.74) is -0.0673. The quantitative estimate of drug-likeness (QED) is 0.754. The van der Waals surface area contributed by atoms with Gasteiger partial charge in [0.25, 0.3) is 11.9 Å². The monoisotopic (exact) mass is 207 g/mol. The summed E-state index contributed by atoms with van der Waals surface area (Å²) in [6.07, 6.45) is 0. The van der Waals surface area contributed by atoms with E-state index in [1.54, 1.807) is 6.07 Å². The summed E-state index contributed by atoms with van der Waals surface area (Å²) >= 11 is 0. The van der Waals surface area contributed by atoms with E-state index in [1.165, 1.54) is 18.2 Å². The second kappa shape index (κ2) is 3.82. The number of aromatic amines is 1. The van der Waals surface area contributed by atoms with Crippen LogP contribution in [0.2, 0.25) is 0 Å². The fraction of sp³-hybridized carbons (Fsp3) is 0. The van der Waals surface area contributed by atoms with E-state index >= 15 is 0 Å². The van der Waals surface area contributed by atoms with Gasteiger partial charge in [-0.15, -0.1) is 5.10 Å². The van der Waals surface area contributed by atoms with Crippen LogP contribution in [0.25, 0.3) is 0 Å². The molecule has 1 heterocycles. The number of nitrogens with zero attached hydrogens (tertiary/aromatic N) is 3. The first-order valence-electron chi connectivity index (χ1n) is 4.06. The number of anilines is 1. The predicted octanol–water partition coefficient (Wildman–Crippen LogP) is 0.591. The molecule has 2 rings (SSSR count). The molecule has 0 aliphatic rings. The Labute approximate surface area is 83.5 Å². The van der Waals surface area contributed by atoms with Crippen LogP contribution < -0.4 is 5.32 Å². The lowest BCUT2D eigenvalue weighted by atomic mass is 10.2. The molecule has 0 saturated heterocycles. The molecule has 0 unspecified atom stereocenters. The van der Waals surface area contributed by atoms with Crippen molar-refractivity contribution in [2.75, 3.05) is 5.32 Å². The first-order valence-corrected chi connectivity index (χ1v) is 4.06. The Balaban J connectivity index is 2.19. The second-order valence-corrected chi connectivity index (χ2v) is 2.67. The van der Waals surface area contributed by atoms with Gasteiger partial charge >= 0.3 is 0 Å². The van der Waals surface area contributed by atoms with E-state index in [4.69, 9.17) is 0 Å². The molecule has 15 heavy (non-hydrogen) atoms. The van der Waals surface area contributed by atoms with Crippen molar-refractivity contribution in [1.29, 1.82) is 0 Å². The number of halogens is 1. The molecule has 0 spiro atoms. The van der Waals surface area contributed by atoms with E-state index in [9.17, 15) is 9.18 Å². The van der Waals surface area contributed by atoms with Crippen molar-refractivity contribution >= 4 is 11.9 Å². The highest BCUT2D eigenvalue weighted by atomic mass is 19.1. The Morgan fingerprint density at radius 1 is 1.40 bits per heavy atom. The average Bonchev–Trinajstić information content (AvgIpc) is 2.71. The Bertz CT molecular complexity index is 470. The number of nitrogens with one attached hydrogen (secondary N) is 2. The van der Waals surface area contributed by atoms with Crippen molar-refractivity contribution in [3.63, 3.8) is 0 Å². The predicted molar refractivity (Wildman–Crippen MR) is 48.5 cm³/mol. The number of rotatable bonds is 2. The lowest BCUT2D eigenvalue weighted by Gasteiger charge is -2.00. The average molecular weight is 207 g/mol. The van der Waals surface area contributed by atoms with Gasteiger partial charge in [-0.2, -0.15) is 5.21 Å². The van der Waals surface area contributed by atoms with Crippen molar-refractivity contribution in [3.05, 3.63) is 35.6 Å². The van der Waals surface area contributed by atoms with Crippen LogP contribution in [0.15, 0.2) is 24.3 Å². The molecule has 0 aliphatic carbocycles. The second-order valence-electron chi connectivity index (χ2n) is 2.67. The molecule has 0 fully saturated rings. The third kappa shape index (κ3) is 1.96. The number of tetrazole rings is 1. The minimum Gasteiger partial charge on any atom is -0.288 e. The van der Waals surface area contributed by atoms with E-state index in [-0.39, 0.29) is 11.5 Å². The summed E-state index contributed by atoms with van der Waals surface area (Å²) in [6, 6.07) is 5.63. The van der Waals surface area contributed by atoms with Crippen molar-refractivity contribution in [2.45, 2.75) is 0 Å². The molecule has 2 aromatic rings. The van der Waals surface area contributed by atoms with Crippen LogP contribution in [0.4, 0.5) is 10.3 Å². The van der Waals surface area contributed by atoms with Gasteiger partial charge in [0.15, 0.2) is 0 Å². The van der Waals surface area contributed by atoms with Gasteiger partial charge in [0.05, 0.1) is 5.56 Å². The molecular weight excluding hydrogens is 201 g/mol. The largest absolute Gasteiger partial charge is 0.288 e. The molecule has 0 saturated carbocycles. The van der Waals surface area contributed by atoms with Crippen molar-refractivity contribution in [1.82, 2.24) is 20.6 Å². The van der Waals surface area contributed by atoms with Crippen molar-refractivity contribution < 1.29 is 9.18 Å². The minimum absolute atomic E-state index is 0.00301. The molecule has 7 heteroatoms. The number of benzene rings is 1. The topological polar surface area (TPSA) is 83.6 Å². The zero-order valence-corrected chi connectivity index (χ0v) is 7.44. The highest BCUT2D eigenvalue weighted by Crippen LogP contribution is 2.07. The van der Waals surface area contributed by atoms with Crippen molar-refractivity contribution in [2.24, 2.45) is 0 Å². The zero-order valence-electron chi connectivity index (χ0n) is 7.44. The van der Waals surface area contributed by atoms with Crippen LogP contribution >= 0.6 is 0 Å². The maximum absolute atomic E-state index is 13.1. The Kier molecular flexibility index (Phi) is 2.36. The molecule has 0 bridgehead atoms. The van der Waals surface area contributed by atoms with E-state index in [0.29, 0.717) is 0 Å². The summed E-state index contributed by atoms with van der Waals surface area (Å²) < 4.78 is 13.1. The molecule has 76 valence electrons. The van der Waals surface area contributed by atoms with Gasteiger partial charge in [0.2, 0.25) is 0 Å². The van der Waals surface area contributed by atoms with Crippen LogP contribution in [0, 0.1) is 5.82 Å². The maximum atomic E-state index is 13.1. The smallest absolute Gasteiger partial charge is 0.270 e. The van der Waals surface area contributed by atoms with E-state index in [1.807, 2.05) is 0 Å². The van der Waals surface area contributed by atoms with Crippen LogP contribution in [0.3, 0.4) is 0 Å². The van der Waals surface area contributed by atoms with Gasteiger partial charge in [-0.05, 0) is 17.3 Å². The number of aromatic nitrogens is 4. The number of hydrogen-bond donors (Lipinski definition) is 2. The first kappa shape index (κ1) is 9.25. The molecular formula is C8H6FN5O. The summed E-state index contributed by atoms with van der Waals surface area (Å²) in [5, 5.41) is 14.7. The lowest BCUT2D eigenvalue weighted by Crippen LogP contribution is -2.14. The van der Waals surface area contributed by atoms with Gasteiger partial charge < -0.3 is 0 Å². The van der Waals surface area contributed by atoms with Gasteiger partial charge in [0.1, 0.15) is 5.82 Å². The molecule has 2 N–H and O–H groups in total. The van der Waals surface area contributed by atoms with Gasteiger partial charge in [0, 0.05) is 0 Å². The normalized spacial score (nSPS) is 9.93. The standard InChI is InChI=1S/C8H6FN5O/c9-6-4-2-1-3-5(6)7(15)10-8-11-13-14-12-8/h1-4H,(H2,10,11,12,13,14,15). The SMILES string of the molecule is O=C(Nc1nn[nH]n1)c1ccccc1F. The van der Waals surface area contributed by atoms with Crippen molar-refractivity contribution in [3.8, 4) is 0 Å². The Hall–Kier alpha value is -2.31. The molecule has 0 atom stereocenters. The fourth-order valence-corrected chi connectivity index (χ4v) is 1.03. The van der Waals surface area contributed by atoms with Gasteiger partial charge in [-0.25, -0.2) is 4.39 Å². The van der Waals surface area contributed by atoms with E-state index < -0.39 is 11.7 Å². The van der Waals surface area contributed by atoms with Crippen LogP contribution in [-0.2, 0) is 0 Å². The Morgan fingerprint density at radius 3 is 2.87 bits per heavy atom. The van der Waals surface area contributed by atoms with Crippen LogP contribution in [0.1, 0.15) is 10.4 Å². The number of H-pyrrole nitrogens is 1. The van der Waals surface area contributed by atoms with E-state index in [0.717, 1.165) is 0 Å². The number of carbonyl (C=O) groups excluding carboxylic acids is 1. The Morgan fingerprint density at radius 2 is 2.20 bits per heavy atom. The maximum Gasteiger partial charge on any atom is 0.270 e. The molecule has 1 aromatic heterocycles. The van der Waals surface area contributed by atoms with Gasteiger partial charge in [-0.3, -0.25) is 10.1 Å². The van der Waals surface area contributed by atoms with Gasteiger partial charge in [-0.1, -0.05) is 17.2 Å². The highest BCUT2D eigenvalue weighted by molar-refractivity contribution is 6.03. The number of carbonyl (C=O) groups is 1. The van der Waals surface area contributed by atoms with Crippen LogP contribution in [0.5, 0.6) is 0 Å². The van der Waals surface area contributed by atoms with Crippen LogP contribution in [-0.4, -0.2) is 26.5 Å². The molecule has 6 nitrogen and oxygen atoms in total. The molecule has 1 aromatic carbocycles. The highest BCUT2D eigenvalue weighted by Gasteiger charge is 2.12. The minimum atomic E-state index is -0.616. The third-order valence-electron chi connectivity index (χ3n) is 1.69. The molecule has 1 amide bonds. The summed E-state index contributed by atoms with van der Waals surface area (Å²) in [5.74, 6) is -1.21. The lowest BCUT2D eigenvalue weighted by molar-refractivity contribution is 0.102. The summed E-state index contributed by atoms with van der Waals surface area (Å²) in [6.45, 7) is 0. The first-order chi connectivity index (χ1) is 7.27. The number of hydrogen-bond acceptors (Lipinski definition) is 4. The summed E-state index contributed by atoms with van der Waals surface area (Å²) in [7, 11) is 0. The summed E-state index contributed by atoms with van der Waals surface area (Å²) in [4.78, 5) is 11.5. The zero-order chi connectivity index (χ0) is 10.7. The fourth-order valence-electron chi connectivity index (χ4n) is 1.03. The molecule has 0 radical (unpaired) electrons. The third-order valence-corrected chi connectivity index (χ3v) is 1.69. The van der Waals surface area contributed by atoms with E-state index in [2.05, 4.69) is 25.9 Å². The molecule has 0 aliphatic heterocycles. The number of amides is 1.